The predicted molar refractivity (Wildman–Crippen MR) is 73.1 cm³/mol. The summed E-state index contributed by atoms with van der Waals surface area (Å²) in [5, 5.41) is 7.91. The fourth-order valence-corrected chi connectivity index (χ4v) is 2.24. The quantitative estimate of drug-likeness (QED) is 0.840. The highest BCUT2D eigenvalue weighted by Gasteiger charge is 2.11. The molecule has 5 heteroatoms. The second kappa shape index (κ2) is 7.13. The van der Waals surface area contributed by atoms with Crippen LogP contribution in [0.5, 0.6) is 0 Å². The fraction of sp³-hybridized carbons (Fsp3) is 0.750. The lowest BCUT2D eigenvalue weighted by atomic mass is 10.2. The van der Waals surface area contributed by atoms with Crippen molar-refractivity contribution in [1.29, 1.82) is 0 Å². The maximum absolute atomic E-state index is 5.11. The smallest absolute Gasteiger partial charge is 0.0739 e. The van der Waals surface area contributed by atoms with Gasteiger partial charge in [0.05, 0.1) is 15.9 Å². The molecular formula is C12H22BrN3O. The van der Waals surface area contributed by atoms with Crippen molar-refractivity contribution < 1.29 is 4.74 Å². The highest BCUT2D eigenvalue weighted by Crippen LogP contribution is 2.20. The molecule has 4 nitrogen and oxygen atoms in total. The molecule has 1 aromatic rings. The average Bonchev–Trinajstić information content (AvgIpc) is 2.57. The van der Waals surface area contributed by atoms with Crippen molar-refractivity contribution in [1.82, 2.24) is 15.1 Å². The summed E-state index contributed by atoms with van der Waals surface area (Å²) < 4.78 is 8.26. The summed E-state index contributed by atoms with van der Waals surface area (Å²) in [7, 11) is 1.74. The van der Waals surface area contributed by atoms with Crippen LogP contribution in [0.2, 0.25) is 0 Å². The van der Waals surface area contributed by atoms with Crippen LogP contribution in [0, 0.1) is 12.8 Å². The van der Waals surface area contributed by atoms with Gasteiger partial charge in [0.2, 0.25) is 0 Å². The number of hydrogen-bond acceptors (Lipinski definition) is 3. The van der Waals surface area contributed by atoms with Gasteiger partial charge in [0.25, 0.3) is 0 Å². The van der Waals surface area contributed by atoms with Crippen molar-refractivity contribution in [3.8, 4) is 0 Å². The highest BCUT2D eigenvalue weighted by molar-refractivity contribution is 9.10. The second-order valence-electron chi connectivity index (χ2n) is 4.35. The first-order valence-electron chi connectivity index (χ1n) is 6.01. The zero-order valence-corrected chi connectivity index (χ0v) is 12.7. The largest absolute Gasteiger partial charge is 0.384 e. The molecule has 0 amide bonds. The van der Waals surface area contributed by atoms with Crippen LogP contribution in [0.3, 0.4) is 0 Å². The molecule has 98 valence electrons. The lowest BCUT2D eigenvalue weighted by molar-refractivity contribution is 0.158. The summed E-state index contributed by atoms with van der Waals surface area (Å²) in [4.78, 5) is 0. The Morgan fingerprint density at radius 2 is 2.24 bits per heavy atom. The van der Waals surface area contributed by atoms with E-state index in [1.54, 1.807) is 7.11 Å². The van der Waals surface area contributed by atoms with Crippen LogP contribution in [0.15, 0.2) is 4.47 Å². The van der Waals surface area contributed by atoms with E-state index >= 15 is 0 Å². The van der Waals surface area contributed by atoms with Crippen LogP contribution in [0.25, 0.3) is 0 Å². The number of aromatic nitrogens is 2. The average molecular weight is 304 g/mol. The zero-order valence-electron chi connectivity index (χ0n) is 11.1. The summed E-state index contributed by atoms with van der Waals surface area (Å²) >= 11 is 3.59. The molecule has 1 rings (SSSR count). The lowest BCUT2D eigenvalue weighted by Crippen LogP contribution is -2.24. The van der Waals surface area contributed by atoms with Gasteiger partial charge in [0, 0.05) is 33.4 Å². The van der Waals surface area contributed by atoms with Gasteiger partial charge >= 0.3 is 0 Å². The standard InChI is InChI=1S/C12H22BrN3O/c1-5-16-11(12(13)10(3)15-16)7-14-6-9(2)8-17-4/h9,14H,5-8H2,1-4H3. The van der Waals surface area contributed by atoms with Gasteiger partial charge in [-0.05, 0) is 35.7 Å². The monoisotopic (exact) mass is 303 g/mol. The number of nitrogens with one attached hydrogen (secondary N) is 1. The van der Waals surface area contributed by atoms with Gasteiger partial charge in [-0.2, -0.15) is 5.10 Å². The molecule has 0 saturated carbocycles. The summed E-state index contributed by atoms with van der Waals surface area (Å²) in [5.74, 6) is 0.526. The predicted octanol–water partition coefficient (Wildman–Crippen LogP) is 2.35. The van der Waals surface area contributed by atoms with Crippen molar-refractivity contribution in [2.45, 2.75) is 33.9 Å². The maximum atomic E-state index is 5.11. The molecule has 0 spiro atoms. The van der Waals surface area contributed by atoms with Crippen LogP contribution in [-0.4, -0.2) is 30.0 Å². The van der Waals surface area contributed by atoms with Crippen LogP contribution >= 0.6 is 15.9 Å². The van der Waals surface area contributed by atoms with Gasteiger partial charge in [0.15, 0.2) is 0 Å². The Kier molecular flexibility index (Phi) is 6.16. The van der Waals surface area contributed by atoms with E-state index in [1.807, 2.05) is 11.6 Å². The number of halogens is 1. The Morgan fingerprint density at radius 1 is 1.53 bits per heavy atom. The molecule has 0 aliphatic heterocycles. The minimum Gasteiger partial charge on any atom is -0.384 e. The summed E-state index contributed by atoms with van der Waals surface area (Å²) in [6.07, 6.45) is 0. The molecule has 0 aliphatic rings. The van der Waals surface area contributed by atoms with Crippen LogP contribution < -0.4 is 5.32 Å². The van der Waals surface area contributed by atoms with E-state index in [9.17, 15) is 0 Å². The minimum atomic E-state index is 0.526. The second-order valence-corrected chi connectivity index (χ2v) is 5.15. The van der Waals surface area contributed by atoms with E-state index in [-0.39, 0.29) is 0 Å². The Bertz CT molecular complexity index is 352. The van der Waals surface area contributed by atoms with Crippen LogP contribution in [-0.2, 0) is 17.8 Å². The number of hydrogen-bond donors (Lipinski definition) is 1. The van der Waals surface area contributed by atoms with Gasteiger partial charge in [-0.3, -0.25) is 4.68 Å². The van der Waals surface area contributed by atoms with Crippen molar-refractivity contribution in [3.05, 3.63) is 15.9 Å². The number of ether oxygens (including phenoxy) is 1. The van der Waals surface area contributed by atoms with Crippen LogP contribution in [0.1, 0.15) is 25.2 Å². The number of aryl methyl sites for hydroxylation is 2. The van der Waals surface area contributed by atoms with Gasteiger partial charge in [0.1, 0.15) is 0 Å². The van der Waals surface area contributed by atoms with Crippen molar-refractivity contribution >= 4 is 15.9 Å². The summed E-state index contributed by atoms with van der Waals surface area (Å²) in [6, 6.07) is 0. The van der Waals surface area contributed by atoms with E-state index in [0.29, 0.717) is 5.92 Å². The first kappa shape index (κ1) is 14.7. The van der Waals surface area contributed by atoms with Crippen molar-refractivity contribution in [3.63, 3.8) is 0 Å². The first-order valence-corrected chi connectivity index (χ1v) is 6.80. The van der Waals surface area contributed by atoms with Crippen molar-refractivity contribution in [2.24, 2.45) is 5.92 Å². The molecule has 0 aliphatic carbocycles. The van der Waals surface area contributed by atoms with Gasteiger partial charge < -0.3 is 10.1 Å². The lowest BCUT2D eigenvalue weighted by Gasteiger charge is -2.12. The first-order chi connectivity index (χ1) is 8.10. The third-order valence-electron chi connectivity index (χ3n) is 2.69. The summed E-state index contributed by atoms with van der Waals surface area (Å²) in [5.41, 5.74) is 2.27. The SMILES string of the molecule is CCn1nc(C)c(Br)c1CNCC(C)COC. The fourth-order valence-electron chi connectivity index (χ4n) is 1.82. The minimum absolute atomic E-state index is 0.526. The molecule has 0 fully saturated rings. The maximum Gasteiger partial charge on any atom is 0.0739 e. The van der Waals surface area contributed by atoms with Crippen LogP contribution in [0.4, 0.5) is 0 Å². The Labute approximate surface area is 112 Å². The van der Waals surface area contributed by atoms with E-state index in [1.165, 1.54) is 5.69 Å². The van der Waals surface area contributed by atoms with E-state index < -0.39 is 0 Å². The molecule has 0 radical (unpaired) electrons. The Morgan fingerprint density at radius 3 is 2.82 bits per heavy atom. The van der Waals surface area contributed by atoms with Gasteiger partial charge in [-0.15, -0.1) is 0 Å². The number of methoxy groups -OCH3 is 1. The molecule has 1 atom stereocenters. The highest BCUT2D eigenvalue weighted by atomic mass is 79.9. The van der Waals surface area contributed by atoms with E-state index in [2.05, 4.69) is 40.2 Å². The molecule has 17 heavy (non-hydrogen) atoms. The molecule has 0 saturated heterocycles. The van der Waals surface area contributed by atoms with E-state index in [0.717, 1.165) is 36.4 Å². The number of rotatable bonds is 7. The topological polar surface area (TPSA) is 39.1 Å². The molecule has 0 aromatic carbocycles. The molecule has 0 bridgehead atoms. The van der Waals surface area contributed by atoms with Gasteiger partial charge in [-0.1, -0.05) is 6.92 Å². The molecular weight excluding hydrogens is 282 g/mol. The van der Waals surface area contributed by atoms with Crippen molar-refractivity contribution in [2.75, 3.05) is 20.3 Å². The van der Waals surface area contributed by atoms with Gasteiger partial charge in [-0.25, -0.2) is 0 Å². The summed E-state index contributed by atoms with van der Waals surface area (Å²) in [6.45, 7) is 9.78. The normalized spacial score (nSPS) is 13.0. The Balaban J connectivity index is 2.51. The number of nitrogens with zero attached hydrogens (tertiary/aromatic N) is 2. The van der Waals surface area contributed by atoms with E-state index in [4.69, 9.17) is 4.74 Å². The molecule has 1 unspecified atom stereocenters. The molecule has 1 N–H and O–H groups in total. The third-order valence-corrected chi connectivity index (χ3v) is 3.72. The molecule has 1 heterocycles. The Hall–Kier alpha value is -0.390. The third kappa shape index (κ3) is 4.08. The molecule has 1 aromatic heterocycles. The zero-order chi connectivity index (χ0) is 12.8.